The number of aromatic nitrogens is 1. The van der Waals surface area contributed by atoms with E-state index >= 15 is 0 Å². The third-order valence-electron chi connectivity index (χ3n) is 3.27. The van der Waals surface area contributed by atoms with E-state index in [4.69, 9.17) is 9.47 Å². The van der Waals surface area contributed by atoms with Gasteiger partial charge in [-0.3, -0.25) is 4.79 Å². The number of ether oxygens (including phenoxy) is 2. The molecule has 0 spiro atoms. The molecule has 0 atom stereocenters. The number of benzene rings is 1. The standard InChI is InChI=1S/C13H11Br2NO3/c1-18-13-8(15)4-7(14)11-10(13)12(17)6-5-19-3-2-9(6)16-11/h4H,2-3,5H2,1H3,(H,16,17). The number of halogens is 2. The molecule has 1 N–H and O–H groups in total. The SMILES string of the molecule is COc1c(Br)cc(Br)c2[nH]c3c(c(=O)c12)COCC3. The molecule has 0 fully saturated rings. The van der Waals surface area contributed by atoms with E-state index in [0.717, 1.165) is 26.6 Å². The zero-order chi connectivity index (χ0) is 13.6. The average Bonchev–Trinajstić information content (AvgIpc) is 2.41. The second kappa shape index (κ2) is 4.92. The second-order valence-corrected chi connectivity index (χ2v) is 6.05. The molecule has 3 rings (SSSR count). The van der Waals surface area contributed by atoms with Gasteiger partial charge in [0.25, 0.3) is 0 Å². The lowest BCUT2D eigenvalue weighted by atomic mass is 10.0. The van der Waals surface area contributed by atoms with Crippen LogP contribution in [0.2, 0.25) is 0 Å². The summed E-state index contributed by atoms with van der Waals surface area (Å²) in [5, 5.41) is 0.549. The van der Waals surface area contributed by atoms with Crippen LogP contribution in [0.3, 0.4) is 0 Å². The molecule has 6 heteroatoms. The Morgan fingerprint density at radius 1 is 1.37 bits per heavy atom. The molecule has 1 aromatic carbocycles. The third kappa shape index (κ3) is 2.02. The third-order valence-corrected chi connectivity index (χ3v) is 4.49. The molecule has 1 aromatic heterocycles. The summed E-state index contributed by atoms with van der Waals surface area (Å²) in [5.41, 5.74) is 2.39. The number of hydrogen-bond donors (Lipinski definition) is 1. The predicted octanol–water partition coefficient (Wildman–Crippen LogP) is 3.13. The van der Waals surface area contributed by atoms with Gasteiger partial charge in [0.05, 0.1) is 35.7 Å². The van der Waals surface area contributed by atoms with Gasteiger partial charge in [0.15, 0.2) is 5.43 Å². The van der Waals surface area contributed by atoms with E-state index in [1.165, 1.54) is 0 Å². The van der Waals surface area contributed by atoms with Gasteiger partial charge in [0.2, 0.25) is 0 Å². The van der Waals surface area contributed by atoms with E-state index in [9.17, 15) is 4.79 Å². The summed E-state index contributed by atoms with van der Waals surface area (Å²) >= 11 is 6.91. The first-order valence-electron chi connectivity index (χ1n) is 5.81. The highest BCUT2D eigenvalue weighted by molar-refractivity contribution is 9.11. The van der Waals surface area contributed by atoms with Gasteiger partial charge in [0, 0.05) is 22.2 Å². The van der Waals surface area contributed by atoms with Gasteiger partial charge in [-0.2, -0.15) is 0 Å². The van der Waals surface area contributed by atoms with Crippen molar-refractivity contribution in [1.29, 1.82) is 0 Å². The minimum atomic E-state index is -0.0256. The first-order chi connectivity index (χ1) is 9.13. The van der Waals surface area contributed by atoms with E-state index < -0.39 is 0 Å². The molecule has 0 saturated heterocycles. The molecule has 0 saturated carbocycles. The summed E-state index contributed by atoms with van der Waals surface area (Å²) in [4.78, 5) is 16.0. The molecule has 2 heterocycles. The van der Waals surface area contributed by atoms with Gasteiger partial charge in [-0.1, -0.05) is 0 Å². The Bertz CT molecular complexity index is 724. The van der Waals surface area contributed by atoms with Crippen LogP contribution in [-0.2, 0) is 17.8 Å². The number of rotatable bonds is 1. The molecule has 0 amide bonds. The fourth-order valence-corrected chi connectivity index (χ4v) is 3.79. The molecule has 100 valence electrons. The fourth-order valence-electron chi connectivity index (χ4n) is 2.37. The van der Waals surface area contributed by atoms with Crippen LogP contribution in [0.1, 0.15) is 11.3 Å². The Balaban J connectivity index is 2.49. The number of aromatic amines is 1. The van der Waals surface area contributed by atoms with Crippen LogP contribution < -0.4 is 10.2 Å². The van der Waals surface area contributed by atoms with Crippen molar-refractivity contribution in [2.75, 3.05) is 13.7 Å². The quantitative estimate of drug-likeness (QED) is 0.816. The largest absolute Gasteiger partial charge is 0.495 e. The molecular formula is C13H11Br2NO3. The highest BCUT2D eigenvalue weighted by Gasteiger charge is 2.21. The van der Waals surface area contributed by atoms with Crippen molar-refractivity contribution in [2.45, 2.75) is 13.0 Å². The van der Waals surface area contributed by atoms with Crippen molar-refractivity contribution in [2.24, 2.45) is 0 Å². The van der Waals surface area contributed by atoms with Gasteiger partial charge in [-0.25, -0.2) is 0 Å². The maximum atomic E-state index is 12.6. The molecular weight excluding hydrogens is 378 g/mol. The normalized spacial score (nSPS) is 14.5. The molecule has 1 aliphatic heterocycles. The Kier molecular flexibility index (Phi) is 3.41. The van der Waals surface area contributed by atoms with Crippen molar-refractivity contribution < 1.29 is 9.47 Å². The summed E-state index contributed by atoms with van der Waals surface area (Å²) in [6.07, 6.45) is 0.728. The number of methoxy groups -OCH3 is 1. The molecule has 0 unspecified atom stereocenters. The van der Waals surface area contributed by atoms with Gasteiger partial charge < -0.3 is 14.5 Å². The molecule has 0 radical (unpaired) electrons. The van der Waals surface area contributed by atoms with E-state index in [2.05, 4.69) is 36.8 Å². The topological polar surface area (TPSA) is 51.3 Å². The van der Waals surface area contributed by atoms with Crippen molar-refractivity contribution in [3.8, 4) is 5.75 Å². The van der Waals surface area contributed by atoms with Crippen LogP contribution in [0.15, 0.2) is 19.8 Å². The van der Waals surface area contributed by atoms with Crippen LogP contribution in [0, 0.1) is 0 Å². The smallest absolute Gasteiger partial charge is 0.199 e. The lowest BCUT2D eigenvalue weighted by Gasteiger charge is -2.18. The predicted molar refractivity (Wildman–Crippen MR) is 79.9 cm³/mol. The number of pyridine rings is 1. The summed E-state index contributed by atoms with van der Waals surface area (Å²) in [6, 6.07) is 1.88. The van der Waals surface area contributed by atoms with Crippen molar-refractivity contribution in [3.63, 3.8) is 0 Å². The van der Waals surface area contributed by atoms with Crippen molar-refractivity contribution in [1.82, 2.24) is 4.98 Å². The lowest BCUT2D eigenvalue weighted by molar-refractivity contribution is 0.108. The zero-order valence-electron chi connectivity index (χ0n) is 10.2. The minimum Gasteiger partial charge on any atom is -0.495 e. The molecule has 4 nitrogen and oxygen atoms in total. The molecule has 19 heavy (non-hydrogen) atoms. The Hall–Kier alpha value is -0.850. The van der Waals surface area contributed by atoms with Crippen LogP contribution in [0.5, 0.6) is 5.75 Å². The lowest BCUT2D eigenvalue weighted by Crippen LogP contribution is -2.22. The monoisotopic (exact) mass is 387 g/mol. The summed E-state index contributed by atoms with van der Waals surface area (Å²) < 4.78 is 12.3. The van der Waals surface area contributed by atoms with E-state index in [1.807, 2.05) is 6.07 Å². The maximum absolute atomic E-state index is 12.6. The number of fused-ring (bicyclic) bond motifs is 2. The van der Waals surface area contributed by atoms with Gasteiger partial charge in [-0.05, 0) is 37.9 Å². The minimum absolute atomic E-state index is 0.0256. The van der Waals surface area contributed by atoms with Crippen LogP contribution in [0.25, 0.3) is 10.9 Å². The highest BCUT2D eigenvalue weighted by atomic mass is 79.9. The first kappa shape index (κ1) is 13.1. The van der Waals surface area contributed by atoms with Crippen LogP contribution >= 0.6 is 31.9 Å². The van der Waals surface area contributed by atoms with Gasteiger partial charge >= 0.3 is 0 Å². The van der Waals surface area contributed by atoms with Crippen LogP contribution in [0.4, 0.5) is 0 Å². The molecule has 0 aliphatic carbocycles. The average molecular weight is 389 g/mol. The summed E-state index contributed by atoms with van der Waals surface area (Å²) in [7, 11) is 1.56. The number of H-pyrrole nitrogens is 1. The van der Waals surface area contributed by atoms with Gasteiger partial charge in [0.1, 0.15) is 5.75 Å². The maximum Gasteiger partial charge on any atom is 0.199 e. The van der Waals surface area contributed by atoms with E-state index in [0.29, 0.717) is 29.9 Å². The Labute approximate surface area is 126 Å². The zero-order valence-corrected chi connectivity index (χ0v) is 13.4. The fraction of sp³-hybridized carbons (Fsp3) is 0.308. The first-order valence-corrected chi connectivity index (χ1v) is 7.39. The molecule has 0 bridgehead atoms. The summed E-state index contributed by atoms with van der Waals surface area (Å²) in [6.45, 7) is 0.994. The highest BCUT2D eigenvalue weighted by Crippen LogP contribution is 2.36. The van der Waals surface area contributed by atoms with E-state index in [1.54, 1.807) is 7.11 Å². The summed E-state index contributed by atoms with van der Waals surface area (Å²) in [5.74, 6) is 0.549. The Morgan fingerprint density at radius 2 is 2.16 bits per heavy atom. The van der Waals surface area contributed by atoms with Crippen LogP contribution in [-0.4, -0.2) is 18.7 Å². The van der Waals surface area contributed by atoms with Crippen molar-refractivity contribution >= 4 is 42.8 Å². The molecule has 2 aromatic rings. The molecule has 1 aliphatic rings. The van der Waals surface area contributed by atoms with E-state index in [-0.39, 0.29) is 5.43 Å². The second-order valence-electron chi connectivity index (χ2n) is 4.34. The van der Waals surface area contributed by atoms with Gasteiger partial charge in [-0.15, -0.1) is 0 Å². The Morgan fingerprint density at radius 3 is 2.89 bits per heavy atom. The number of hydrogen-bond acceptors (Lipinski definition) is 3. The van der Waals surface area contributed by atoms with Crippen molar-refractivity contribution in [3.05, 3.63) is 36.5 Å². The number of nitrogens with one attached hydrogen (secondary N) is 1.